The van der Waals surface area contributed by atoms with Gasteiger partial charge in [-0.05, 0) is 50.8 Å². The average Bonchev–Trinajstić information content (AvgIpc) is 3.00. The van der Waals surface area contributed by atoms with Crippen LogP contribution in [-0.4, -0.2) is 41.4 Å². The molecular weight excluding hydrogens is 324 g/mol. The highest BCUT2D eigenvalue weighted by Crippen LogP contribution is 2.52. The maximum absolute atomic E-state index is 12.7. The van der Waals surface area contributed by atoms with Crippen LogP contribution in [0.15, 0.2) is 48.9 Å². The molecule has 1 spiro atoms. The van der Waals surface area contributed by atoms with E-state index in [4.69, 9.17) is 0 Å². The van der Waals surface area contributed by atoms with E-state index >= 15 is 0 Å². The van der Waals surface area contributed by atoms with Crippen molar-refractivity contribution >= 4 is 11.7 Å². The fraction of sp³-hybridized carbons (Fsp3) is 0.476. The molecule has 2 aromatic rings. The van der Waals surface area contributed by atoms with Gasteiger partial charge in [-0.15, -0.1) is 0 Å². The Hall–Kier alpha value is -2.27. The molecule has 0 unspecified atom stereocenters. The fourth-order valence-electron chi connectivity index (χ4n) is 4.81. The molecule has 0 N–H and O–H groups in total. The lowest BCUT2D eigenvalue weighted by Crippen LogP contribution is -2.47. The Morgan fingerprint density at radius 3 is 2.38 bits per heavy atom. The van der Waals surface area contributed by atoms with Crippen LogP contribution in [0.25, 0.3) is 0 Å². The zero-order chi connectivity index (χ0) is 18.2. The first-order valence-corrected chi connectivity index (χ1v) is 9.34. The first-order valence-electron chi connectivity index (χ1n) is 9.34. The fourth-order valence-corrected chi connectivity index (χ4v) is 4.81. The number of nitrogens with zero attached hydrogens (tertiary/aromatic N) is 4. The topological polar surface area (TPSA) is 49.3 Å². The smallest absolute Gasteiger partial charge is 0.228 e. The van der Waals surface area contributed by atoms with E-state index in [1.165, 1.54) is 5.56 Å². The van der Waals surface area contributed by atoms with Crippen molar-refractivity contribution in [3.63, 3.8) is 0 Å². The molecule has 136 valence electrons. The SMILES string of the molecule is CN(C)[C@]1(c2ccccc2)CC[C@]2(CC1)CC(=O)N(c1cnccn1)C2. The number of carbonyl (C=O) groups is 1. The third kappa shape index (κ3) is 2.80. The number of carbonyl (C=O) groups excluding carboxylic acids is 1. The van der Waals surface area contributed by atoms with Gasteiger partial charge in [-0.25, -0.2) is 4.98 Å². The van der Waals surface area contributed by atoms with E-state index in [1.54, 1.807) is 18.6 Å². The first-order chi connectivity index (χ1) is 12.5. The van der Waals surface area contributed by atoms with Crippen LogP contribution in [0.3, 0.4) is 0 Å². The van der Waals surface area contributed by atoms with Crippen LogP contribution in [0.5, 0.6) is 0 Å². The van der Waals surface area contributed by atoms with Gasteiger partial charge in [0.15, 0.2) is 5.82 Å². The quantitative estimate of drug-likeness (QED) is 0.853. The minimum Gasteiger partial charge on any atom is -0.300 e. The van der Waals surface area contributed by atoms with E-state index in [0.717, 1.165) is 32.2 Å². The molecule has 1 aromatic carbocycles. The Balaban J connectivity index is 1.55. The first kappa shape index (κ1) is 17.2. The number of rotatable bonds is 3. The molecule has 1 aliphatic carbocycles. The second-order valence-electron chi connectivity index (χ2n) is 8.01. The highest BCUT2D eigenvalue weighted by atomic mass is 16.2. The molecular formula is C21H26N4O. The summed E-state index contributed by atoms with van der Waals surface area (Å²) in [6.45, 7) is 0.767. The molecule has 1 aromatic heterocycles. The summed E-state index contributed by atoms with van der Waals surface area (Å²) in [5.74, 6) is 0.865. The van der Waals surface area contributed by atoms with Gasteiger partial charge >= 0.3 is 0 Å². The molecule has 0 radical (unpaired) electrons. The number of hydrogen-bond acceptors (Lipinski definition) is 4. The van der Waals surface area contributed by atoms with Crippen molar-refractivity contribution < 1.29 is 4.79 Å². The molecule has 1 saturated carbocycles. The second kappa shape index (κ2) is 6.47. The summed E-state index contributed by atoms with van der Waals surface area (Å²) in [6, 6.07) is 10.8. The average molecular weight is 350 g/mol. The van der Waals surface area contributed by atoms with Gasteiger partial charge < -0.3 is 0 Å². The Kier molecular flexibility index (Phi) is 4.27. The number of hydrogen-bond donors (Lipinski definition) is 0. The van der Waals surface area contributed by atoms with Gasteiger partial charge in [0.05, 0.1) is 6.20 Å². The van der Waals surface area contributed by atoms with Gasteiger partial charge in [-0.2, -0.15) is 0 Å². The molecule has 4 rings (SSSR count). The minimum absolute atomic E-state index is 0.0650. The van der Waals surface area contributed by atoms with Crippen LogP contribution >= 0.6 is 0 Å². The van der Waals surface area contributed by atoms with Crippen molar-refractivity contribution in [2.24, 2.45) is 5.41 Å². The molecule has 5 heteroatoms. The highest BCUT2D eigenvalue weighted by molar-refractivity contribution is 5.95. The lowest BCUT2D eigenvalue weighted by molar-refractivity contribution is -0.118. The van der Waals surface area contributed by atoms with Gasteiger partial charge in [0, 0.05) is 30.9 Å². The lowest BCUT2D eigenvalue weighted by Gasteiger charge is -2.48. The molecule has 0 atom stereocenters. The van der Waals surface area contributed by atoms with Crippen LogP contribution in [-0.2, 0) is 10.3 Å². The van der Waals surface area contributed by atoms with Gasteiger partial charge in [-0.1, -0.05) is 30.3 Å². The monoisotopic (exact) mass is 350 g/mol. The molecule has 1 saturated heterocycles. The Morgan fingerprint density at radius 2 is 1.77 bits per heavy atom. The third-order valence-corrected chi connectivity index (χ3v) is 6.45. The van der Waals surface area contributed by atoms with Crippen LogP contribution in [0.2, 0.25) is 0 Å². The molecule has 0 bridgehead atoms. The maximum Gasteiger partial charge on any atom is 0.228 e. The number of anilines is 1. The van der Waals surface area contributed by atoms with Gasteiger partial charge in [0.1, 0.15) is 0 Å². The number of aromatic nitrogens is 2. The largest absolute Gasteiger partial charge is 0.300 e. The standard InChI is InChI=1S/C21H26N4O/c1-24(2)21(17-6-4-3-5-7-17)10-8-20(9-11-21)14-19(26)25(16-20)18-15-22-12-13-23-18/h3-7,12-13,15H,8-11,14,16H2,1-2H3/t20-,21+. The highest BCUT2D eigenvalue weighted by Gasteiger charge is 2.50. The summed E-state index contributed by atoms with van der Waals surface area (Å²) in [5, 5.41) is 0. The predicted molar refractivity (Wildman–Crippen MR) is 102 cm³/mol. The van der Waals surface area contributed by atoms with E-state index in [9.17, 15) is 4.79 Å². The molecule has 1 amide bonds. The summed E-state index contributed by atoms with van der Waals surface area (Å²) in [7, 11) is 4.35. The lowest BCUT2D eigenvalue weighted by atomic mass is 9.64. The van der Waals surface area contributed by atoms with Crippen LogP contribution < -0.4 is 4.90 Å². The van der Waals surface area contributed by atoms with Crippen LogP contribution in [0, 0.1) is 5.41 Å². The Morgan fingerprint density at radius 1 is 1.04 bits per heavy atom. The number of amides is 1. The third-order valence-electron chi connectivity index (χ3n) is 6.45. The normalized spacial score (nSPS) is 28.9. The van der Waals surface area contributed by atoms with Crippen molar-refractivity contribution in [3.05, 3.63) is 54.5 Å². The van der Waals surface area contributed by atoms with E-state index < -0.39 is 0 Å². The number of benzene rings is 1. The van der Waals surface area contributed by atoms with Gasteiger partial charge in [-0.3, -0.25) is 19.6 Å². The zero-order valence-corrected chi connectivity index (χ0v) is 15.6. The van der Waals surface area contributed by atoms with E-state index in [-0.39, 0.29) is 16.9 Å². The Labute approximate surface area is 155 Å². The molecule has 2 heterocycles. The van der Waals surface area contributed by atoms with Gasteiger partial charge in [0.2, 0.25) is 5.91 Å². The van der Waals surface area contributed by atoms with E-state index in [1.807, 2.05) is 4.90 Å². The summed E-state index contributed by atoms with van der Waals surface area (Å²) in [5.41, 5.74) is 1.52. The molecule has 2 aliphatic rings. The summed E-state index contributed by atoms with van der Waals surface area (Å²) in [4.78, 5) is 25.3. The van der Waals surface area contributed by atoms with E-state index in [2.05, 4.69) is 59.3 Å². The summed E-state index contributed by atoms with van der Waals surface area (Å²) < 4.78 is 0. The molecule has 5 nitrogen and oxygen atoms in total. The Bertz CT molecular complexity index is 767. The maximum atomic E-state index is 12.7. The predicted octanol–water partition coefficient (Wildman–Crippen LogP) is 3.23. The molecule has 2 fully saturated rings. The van der Waals surface area contributed by atoms with Crippen molar-refractivity contribution in [3.8, 4) is 0 Å². The minimum atomic E-state index is 0.0650. The van der Waals surface area contributed by atoms with Crippen LogP contribution in [0.1, 0.15) is 37.7 Å². The zero-order valence-electron chi connectivity index (χ0n) is 15.6. The summed E-state index contributed by atoms with van der Waals surface area (Å²) in [6.07, 6.45) is 9.88. The van der Waals surface area contributed by atoms with Crippen molar-refractivity contribution in [1.82, 2.24) is 14.9 Å². The van der Waals surface area contributed by atoms with Crippen molar-refractivity contribution in [2.45, 2.75) is 37.6 Å². The van der Waals surface area contributed by atoms with Crippen LogP contribution in [0.4, 0.5) is 5.82 Å². The molecule has 1 aliphatic heterocycles. The van der Waals surface area contributed by atoms with Crippen molar-refractivity contribution in [2.75, 3.05) is 25.5 Å². The second-order valence-corrected chi connectivity index (χ2v) is 8.01. The van der Waals surface area contributed by atoms with Crippen molar-refractivity contribution in [1.29, 1.82) is 0 Å². The van der Waals surface area contributed by atoms with E-state index in [0.29, 0.717) is 12.2 Å². The summed E-state index contributed by atoms with van der Waals surface area (Å²) >= 11 is 0. The molecule has 26 heavy (non-hydrogen) atoms. The van der Waals surface area contributed by atoms with Gasteiger partial charge in [0.25, 0.3) is 0 Å².